The van der Waals surface area contributed by atoms with Crippen molar-refractivity contribution in [2.75, 3.05) is 13.7 Å². The first-order chi connectivity index (χ1) is 11.6. The molecule has 1 aromatic heterocycles. The molecule has 1 N–H and O–H groups in total. The van der Waals surface area contributed by atoms with Gasteiger partial charge in [0.25, 0.3) is 0 Å². The van der Waals surface area contributed by atoms with Crippen LogP contribution in [-0.4, -0.2) is 35.4 Å². The van der Waals surface area contributed by atoms with Gasteiger partial charge in [-0.15, -0.1) is 0 Å². The van der Waals surface area contributed by atoms with E-state index in [-0.39, 0.29) is 30.3 Å². The molecule has 0 radical (unpaired) electrons. The van der Waals surface area contributed by atoms with Crippen LogP contribution in [0.25, 0.3) is 10.9 Å². The molecule has 1 saturated heterocycles. The van der Waals surface area contributed by atoms with Crippen molar-refractivity contribution in [2.45, 2.75) is 38.6 Å². The zero-order valence-electron chi connectivity index (χ0n) is 14.2. The number of likely N-dealkylation sites (tertiary alicyclic amines) is 1. The summed E-state index contributed by atoms with van der Waals surface area (Å²) in [6, 6.07) is 10.3. The number of carbonyl (C=O) groups excluding carboxylic acids is 2. The number of hydrogen-bond acceptors (Lipinski definition) is 3. The highest BCUT2D eigenvalue weighted by Crippen LogP contribution is 2.33. The smallest absolute Gasteiger partial charge is 0.306 e. The van der Waals surface area contributed by atoms with Gasteiger partial charge in [0, 0.05) is 23.7 Å². The largest absolute Gasteiger partial charge is 0.469 e. The van der Waals surface area contributed by atoms with Crippen molar-refractivity contribution in [1.82, 2.24) is 9.88 Å². The number of H-pyrrole nitrogens is 1. The summed E-state index contributed by atoms with van der Waals surface area (Å²) in [4.78, 5) is 29.7. The van der Waals surface area contributed by atoms with Gasteiger partial charge in [0.1, 0.15) is 0 Å². The van der Waals surface area contributed by atoms with Gasteiger partial charge in [0.05, 0.1) is 19.6 Å². The number of methoxy groups -OCH3 is 1. The van der Waals surface area contributed by atoms with E-state index in [2.05, 4.69) is 17.1 Å². The van der Waals surface area contributed by atoms with Crippen molar-refractivity contribution in [3.8, 4) is 0 Å². The fourth-order valence-electron chi connectivity index (χ4n) is 3.50. The molecule has 0 bridgehead atoms. The van der Waals surface area contributed by atoms with Gasteiger partial charge in [0.15, 0.2) is 0 Å². The summed E-state index contributed by atoms with van der Waals surface area (Å²) >= 11 is 0. The molecule has 0 saturated carbocycles. The Bertz CT molecular complexity index is 704. The summed E-state index contributed by atoms with van der Waals surface area (Å²) in [5, 5.41) is 1.16. The molecule has 1 aromatic carbocycles. The van der Waals surface area contributed by atoms with Gasteiger partial charge in [-0.1, -0.05) is 25.1 Å². The number of amides is 1. The highest BCUT2D eigenvalue weighted by atomic mass is 16.5. The van der Waals surface area contributed by atoms with E-state index >= 15 is 0 Å². The Balaban J connectivity index is 1.82. The normalized spacial score (nSPS) is 19.2. The second-order valence-electron chi connectivity index (χ2n) is 6.54. The Morgan fingerprint density at radius 2 is 2.12 bits per heavy atom. The number of ether oxygens (including phenoxy) is 1. The minimum Gasteiger partial charge on any atom is -0.469 e. The maximum atomic E-state index is 12.9. The third-order valence-electron chi connectivity index (χ3n) is 4.82. The molecule has 1 aliphatic rings. The van der Waals surface area contributed by atoms with Crippen molar-refractivity contribution in [3.05, 3.63) is 36.0 Å². The van der Waals surface area contributed by atoms with Crippen molar-refractivity contribution < 1.29 is 14.3 Å². The third-order valence-corrected chi connectivity index (χ3v) is 4.82. The Kier molecular flexibility index (Phi) is 4.88. The molecule has 2 aromatic rings. The molecule has 0 spiro atoms. The lowest BCUT2D eigenvalue weighted by atomic mass is 9.96. The number of aromatic nitrogens is 1. The number of fused-ring (bicyclic) bond motifs is 1. The molecule has 0 aliphatic carbocycles. The quantitative estimate of drug-likeness (QED) is 0.875. The molecule has 5 nitrogen and oxygen atoms in total. The molecule has 1 amide bonds. The molecule has 2 atom stereocenters. The average molecular weight is 328 g/mol. The minimum atomic E-state index is -0.359. The number of benzene rings is 1. The van der Waals surface area contributed by atoms with Gasteiger partial charge < -0.3 is 14.6 Å². The van der Waals surface area contributed by atoms with Crippen LogP contribution in [0.2, 0.25) is 0 Å². The second kappa shape index (κ2) is 7.07. The number of aromatic amines is 1. The molecule has 2 heterocycles. The number of esters is 1. The Morgan fingerprint density at radius 1 is 1.33 bits per heavy atom. The SMILES string of the molecule is COC(=O)C[C@@H](C)C(=O)N1CCCC[C@@H]1c1cc2ccccc2[nH]1. The summed E-state index contributed by atoms with van der Waals surface area (Å²) in [5.41, 5.74) is 2.17. The van der Waals surface area contributed by atoms with Crippen LogP contribution in [0.4, 0.5) is 0 Å². The highest BCUT2D eigenvalue weighted by Gasteiger charge is 2.32. The van der Waals surface area contributed by atoms with Crippen LogP contribution in [0, 0.1) is 5.92 Å². The fraction of sp³-hybridized carbons (Fsp3) is 0.474. The average Bonchev–Trinajstić information content (AvgIpc) is 3.04. The Hall–Kier alpha value is -2.30. The number of hydrogen-bond donors (Lipinski definition) is 1. The molecule has 5 heteroatoms. The summed E-state index contributed by atoms with van der Waals surface area (Å²) in [7, 11) is 1.35. The van der Waals surface area contributed by atoms with Crippen molar-refractivity contribution in [1.29, 1.82) is 0 Å². The summed E-state index contributed by atoms with van der Waals surface area (Å²) in [5.74, 6) is -0.666. The highest BCUT2D eigenvalue weighted by molar-refractivity contribution is 5.84. The van der Waals surface area contributed by atoms with Crippen molar-refractivity contribution in [3.63, 3.8) is 0 Å². The van der Waals surface area contributed by atoms with E-state index in [0.29, 0.717) is 0 Å². The van der Waals surface area contributed by atoms with Gasteiger partial charge in [-0.25, -0.2) is 0 Å². The molecule has 1 aliphatic heterocycles. The maximum Gasteiger partial charge on any atom is 0.306 e. The van der Waals surface area contributed by atoms with Gasteiger partial charge in [-0.2, -0.15) is 0 Å². The zero-order chi connectivity index (χ0) is 17.1. The van der Waals surface area contributed by atoms with E-state index in [4.69, 9.17) is 4.74 Å². The first-order valence-electron chi connectivity index (χ1n) is 8.55. The van der Waals surface area contributed by atoms with E-state index in [0.717, 1.165) is 42.4 Å². The molecular formula is C19H24N2O3. The van der Waals surface area contributed by atoms with Crippen LogP contribution in [-0.2, 0) is 14.3 Å². The molecule has 3 rings (SSSR count). The van der Waals surface area contributed by atoms with Gasteiger partial charge in [0.2, 0.25) is 5.91 Å². The number of carbonyl (C=O) groups is 2. The molecular weight excluding hydrogens is 304 g/mol. The van der Waals surface area contributed by atoms with E-state index in [1.807, 2.05) is 23.1 Å². The standard InChI is InChI=1S/C19H24N2O3/c1-13(11-18(22)24-2)19(23)21-10-6-5-9-17(21)16-12-14-7-3-4-8-15(14)20-16/h3-4,7-8,12-13,17,20H,5-6,9-11H2,1-2H3/t13-,17-/m1/s1. The third kappa shape index (κ3) is 3.30. The van der Waals surface area contributed by atoms with Crippen LogP contribution in [0.15, 0.2) is 30.3 Å². The monoisotopic (exact) mass is 328 g/mol. The van der Waals surface area contributed by atoms with Crippen LogP contribution in [0.5, 0.6) is 0 Å². The molecule has 1 fully saturated rings. The number of para-hydroxylation sites is 1. The van der Waals surface area contributed by atoms with Gasteiger partial charge >= 0.3 is 5.97 Å². The predicted molar refractivity (Wildman–Crippen MR) is 92.4 cm³/mol. The van der Waals surface area contributed by atoms with E-state index < -0.39 is 0 Å². The van der Waals surface area contributed by atoms with E-state index in [9.17, 15) is 9.59 Å². The fourth-order valence-corrected chi connectivity index (χ4v) is 3.50. The summed E-state index contributed by atoms with van der Waals surface area (Å²) < 4.78 is 4.69. The number of piperidine rings is 1. The summed E-state index contributed by atoms with van der Waals surface area (Å²) in [6.45, 7) is 2.54. The minimum absolute atomic E-state index is 0.0313. The number of nitrogens with one attached hydrogen (secondary N) is 1. The summed E-state index contributed by atoms with van der Waals surface area (Å²) in [6.07, 6.45) is 3.19. The van der Waals surface area contributed by atoms with Crippen LogP contribution in [0.3, 0.4) is 0 Å². The number of nitrogens with zero attached hydrogens (tertiary/aromatic N) is 1. The first-order valence-corrected chi connectivity index (χ1v) is 8.55. The van der Waals surface area contributed by atoms with Crippen LogP contribution in [0.1, 0.15) is 44.3 Å². The zero-order valence-corrected chi connectivity index (χ0v) is 14.2. The van der Waals surface area contributed by atoms with Crippen LogP contribution >= 0.6 is 0 Å². The van der Waals surface area contributed by atoms with Crippen LogP contribution < -0.4 is 0 Å². The second-order valence-corrected chi connectivity index (χ2v) is 6.54. The lowest BCUT2D eigenvalue weighted by molar-refractivity contribution is -0.148. The molecule has 24 heavy (non-hydrogen) atoms. The lowest BCUT2D eigenvalue weighted by Gasteiger charge is -2.36. The maximum absolute atomic E-state index is 12.9. The predicted octanol–water partition coefficient (Wildman–Crippen LogP) is 3.42. The first kappa shape index (κ1) is 16.6. The van der Waals surface area contributed by atoms with Crippen molar-refractivity contribution >= 4 is 22.8 Å². The number of rotatable bonds is 4. The van der Waals surface area contributed by atoms with E-state index in [1.165, 1.54) is 7.11 Å². The molecule has 0 unspecified atom stereocenters. The Labute approximate surface area is 142 Å². The lowest BCUT2D eigenvalue weighted by Crippen LogP contribution is -2.42. The van der Waals surface area contributed by atoms with Gasteiger partial charge in [-0.05, 0) is 36.8 Å². The molecule has 128 valence electrons. The topological polar surface area (TPSA) is 62.4 Å². The van der Waals surface area contributed by atoms with Crippen molar-refractivity contribution in [2.24, 2.45) is 5.92 Å². The van der Waals surface area contributed by atoms with Gasteiger partial charge in [-0.3, -0.25) is 9.59 Å². The van der Waals surface area contributed by atoms with E-state index in [1.54, 1.807) is 6.92 Å². The Morgan fingerprint density at radius 3 is 2.88 bits per heavy atom.